The zero-order valence-corrected chi connectivity index (χ0v) is 14.4. The Kier molecular flexibility index (Phi) is 4.90. The number of nitrogens with zero attached hydrogens (tertiary/aromatic N) is 1. The minimum Gasteiger partial charge on any atom is -0.206 e. The number of nitriles is 1. The minimum atomic E-state index is -3.62. The topological polar surface area (TPSA) is 70.0 Å². The van der Waals surface area contributed by atoms with E-state index in [0.717, 1.165) is 34.4 Å². The van der Waals surface area contributed by atoms with Crippen LogP contribution in [0.15, 0.2) is 20.1 Å². The molecule has 7 heteroatoms. The SMILES string of the molecule is CCC1CCC(C#N)(NS(=O)(=O)c2ccc(Br)s2)CC1. The lowest BCUT2D eigenvalue weighted by Gasteiger charge is -2.34. The van der Waals surface area contributed by atoms with Crippen LogP contribution in [0, 0.1) is 17.2 Å². The minimum absolute atomic E-state index is 0.247. The van der Waals surface area contributed by atoms with Gasteiger partial charge in [-0.15, -0.1) is 11.3 Å². The maximum absolute atomic E-state index is 12.4. The molecule has 0 bridgehead atoms. The first-order chi connectivity index (χ1) is 9.41. The molecule has 1 fully saturated rings. The Bertz CT molecular complexity index is 611. The average Bonchev–Trinajstić information content (AvgIpc) is 2.87. The van der Waals surface area contributed by atoms with Gasteiger partial charge in [0.1, 0.15) is 9.75 Å². The Morgan fingerprint density at radius 1 is 1.50 bits per heavy atom. The molecule has 110 valence electrons. The van der Waals surface area contributed by atoms with Crippen LogP contribution in [0.25, 0.3) is 0 Å². The molecule has 1 heterocycles. The van der Waals surface area contributed by atoms with E-state index in [9.17, 15) is 13.7 Å². The summed E-state index contributed by atoms with van der Waals surface area (Å²) in [6.07, 6.45) is 4.08. The second-order valence-electron chi connectivity index (χ2n) is 5.21. The number of thiophene rings is 1. The van der Waals surface area contributed by atoms with Gasteiger partial charge >= 0.3 is 0 Å². The molecule has 0 amide bonds. The molecule has 1 aromatic heterocycles. The van der Waals surface area contributed by atoms with Gasteiger partial charge in [-0.05, 0) is 59.7 Å². The van der Waals surface area contributed by atoms with Crippen molar-refractivity contribution in [3.63, 3.8) is 0 Å². The van der Waals surface area contributed by atoms with E-state index >= 15 is 0 Å². The highest BCUT2D eigenvalue weighted by Gasteiger charge is 2.39. The van der Waals surface area contributed by atoms with Crippen molar-refractivity contribution in [1.82, 2.24) is 4.72 Å². The summed E-state index contributed by atoms with van der Waals surface area (Å²) in [5.41, 5.74) is -0.943. The predicted molar refractivity (Wildman–Crippen MR) is 82.9 cm³/mol. The van der Waals surface area contributed by atoms with Gasteiger partial charge in [-0.2, -0.15) is 9.98 Å². The fourth-order valence-corrected chi connectivity index (χ4v) is 5.95. The maximum Gasteiger partial charge on any atom is 0.251 e. The van der Waals surface area contributed by atoms with Crippen LogP contribution < -0.4 is 4.72 Å². The number of hydrogen-bond donors (Lipinski definition) is 1. The van der Waals surface area contributed by atoms with Gasteiger partial charge in [0.2, 0.25) is 0 Å². The third-order valence-electron chi connectivity index (χ3n) is 3.89. The summed E-state index contributed by atoms with van der Waals surface area (Å²) in [5, 5.41) is 9.43. The monoisotopic (exact) mass is 376 g/mol. The van der Waals surface area contributed by atoms with Gasteiger partial charge in [0, 0.05) is 0 Å². The van der Waals surface area contributed by atoms with Crippen molar-refractivity contribution in [3.05, 3.63) is 15.9 Å². The van der Waals surface area contributed by atoms with Crippen LogP contribution in [0.3, 0.4) is 0 Å². The molecule has 0 aliphatic heterocycles. The van der Waals surface area contributed by atoms with E-state index in [-0.39, 0.29) is 4.21 Å². The van der Waals surface area contributed by atoms with Crippen LogP contribution in [0.1, 0.15) is 39.0 Å². The Hall–Kier alpha value is -0.420. The summed E-state index contributed by atoms with van der Waals surface area (Å²) in [6.45, 7) is 2.14. The summed E-state index contributed by atoms with van der Waals surface area (Å²) in [4.78, 5) is 0. The number of halogens is 1. The lowest BCUT2D eigenvalue weighted by molar-refractivity contribution is 0.259. The standard InChI is InChI=1S/C13H17BrN2O2S2/c1-2-10-5-7-13(9-15,8-6-10)16-20(17,18)12-4-3-11(14)19-12/h3-4,10,16H,2,5-8H2,1H3. The molecule has 1 saturated carbocycles. The smallest absolute Gasteiger partial charge is 0.206 e. The molecule has 0 spiro atoms. The fraction of sp³-hybridized carbons (Fsp3) is 0.615. The van der Waals surface area contributed by atoms with Crippen molar-refractivity contribution >= 4 is 37.3 Å². The molecular formula is C13H17BrN2O2S2. The third kappa shape index (κ3) is 3.42. The Balaban J connectivity index is 2.17. The van der Waals surface area contributed by atoms with Crippen LogP contribution >= 0.6 is 27.3 Å². The molecule has 1 aliphatic rings. The molecule has 2 rings (SSSR count). The van der Waals surface area contributed by atoms with E-state index in [2.05, 4.69) is 33.6 Å². The Morgan fingerprint density at radius 3 is 2.60 bits per heavy atom. The molecule has 4 nitrogen and oxygen atoms in total. The van der Waals surface area contributed by atoms with Crippen LogP contribution in [0.5, 0.6) is 0 Å². The largest absolute Gasteiger partial charge is 0.251 e. The molecule has 1 N–H and O–H groups in total. The molecule has 1 aromatic rings. The second kappa shape index (κ2) is 6.14. The van der Waals surface area contributed by atoms with Crippen molar-refractivity contribution in [3.8, 4) is 6.07 Å². The number of rotatable bonds is 4. The fourth-order valence-electron chi connectivity index (χ4n) is 2.56. The number of nitrogens with one attached hydrogen (secondary N) is 1. The highest BCUT2D eigenvalue weighted by atomic mass is 79.9. The maximum atomic E-state index is 12.4. The molecule has 20 heavy (non-hydrogen) atoms. The highest BCUT2D eigenvalue weighted by Crippen LogP contribution is 2.35. The van der Waals surface area contributed by atoms with Gasteiger partial charge in [-0.25, -0.2) is 8.42 Å². The zero-order valence-electron chi connectivity index (χ0n) is 11.2. The van der Waals surface area contributed by atoms with Crippen molar-refractivity contribution < 1.29 is 8.42 Å². The molecule has 0 radical (unpaired) electrons. The predicted octanol–water partition coefficient (Wildman–Crippen LogP) is 3.65. The molecule has 0 aromatic carbocycles. The summed E-state index contributed by atoms with van der Waals surface area (Å²) in [5.74, 6) is 0.608. The summed E-state index contributed by atoms with van der Waals surface area (Å²) in [6, 6.07) is 5.45. The van der Waals surface area contributed by atoms with E-state index in [0.29, 0.717) is 18.8 Å². The first-order valence-corrected chi connectivity index (χ1v) is 9.70. The average molecular weight is 377 g/mol. The van der Waals surface area contributed by atoms with Crippen molar-refractivity contribution in [2.45, 2.75) is 48.8 Å². The van der Waals surface area contributed by atoms with Gasteiger partial charge in [0.05, 0.1) is 9.86 Å². The molecule has 0 saturated heterocycles. The molecule has 0 unspecified atom stereocenters. The quantitative estimate of drug-likeness (QED) is 0.871. The highest BCUT2D eigenvalue weighted by molar-refractivity contribution is 9.11. The van der Waals surface area contributed by atoms with Gasteiger partial charge in [0.15, 0.2) is 0 Å². The lowest BCUT2D eigenvalue weighted by Crippen LogP contribution is -2.49. The van der Waals surface area contributed by atoms with E-state index in [1.165, 1.54) is 0 Å². The van der Waals surface area contributed by atoms with Gasteiger partial charge in [-0.1, -0.05) is 13.3 Å². The first kappa shape index (κ1) is 16.0. The second-order valence-corrected chi connectivity index (χ2v) is 9.58. The van der Waals surface area contributed by atoms with Crippen molar-refractivity contribution in [1.29, 1.82) is 5.26 Å². The van der Waals surface area contributed by atoms with Gasteiger partial charge in [-0.3, -0.25) is 0 Å². The first-order valence-electron chi connectivity index (χ1n) is 6.61. The summed E-state index contributed by atoms with van der Waals surface area (Å²) < 4.78 is 28.4. The van der Waals surface area contributed by atoms with E-state index in [4.69, 9.17) is 0 Å². The van der Waals surface area contributed by atoms with Crippen molar-refractivity contribution in [2.24, 2.45) is 5.92 Å². The van der Waals surface area contributed by atoms with Crippen molar-refractivity contribution in [2.75, 3.05) is 0 Å². The summed E-state index contributed by atoms with van der Waals surface area (Å²) in [7, 11) is -3.62. The van der Waals surface area contributed by atoms with Crippen LogP contribution in [0.4, 0.5) is 0 Å². The third-order valence-corrected chi connectivity index (χ3v) is 7.55. The van der Waals surface area contributed by atoms with Crippen LogP contribution in [-0.4, -0.2) is 14.0 Å². The number of sulfonamides is 1. The summed E-state index contributed by atoms with van der Waals surface area (Å²) >= 11 is 4.41. The molecular weight excluding hydrogens is 360 g/mol. The zero-order chi connectivity index (χ0) is 14.8. The normalized spacial score (nSPS) is 27.1. The molecule has 1 aliphatic carbocycles. The number of hydrogen-bond acceptors (Lipinski definition) is 4. The Labute approximate surface area is 132 Å². The van der Waals surface area contributed by atoms with E-state index in [1.54, 1.807) is 12.1 Å². The molecule has 0 atom stereocenters. The lowest BCUT2D eigenvalue weighted by atomic mass is 9.77. The Morgan fingerprint density at radius 2 is 2.15 bits per heavy atom. The van der Waals surface area contributed by atoms with E-state index in [1.807, 2.05) is 0 Å². The van der Waals surface area contributed by atoms with Gasteiger partial charge < -0.3 is 0 Å². The van der Waals surface area contributed by atoms with E-state index < -0.39 is 15.6 Å². The van der Waals surface area contributed by atoms with Gasteiger partial charge in [0.25, 0.3) is 10.0 Å². The van der Waals surface area contributed by atoms with Crippen LogP contribution in [-0.2, 0) is 10.0 Å². The van der Waals surface area contributed by atoms with Crippen LogP contribution in [0.2, 0.25) is 0 Å².